The van der Waals surface area contributed by atoms with Gasteiger partial charge in [-0.25, -0.2) is 4.79 Å². The zero-order valence-electron chi connectivity index (χ0n) is 18.8. The highest BCUT2D eigenvalue weighted by atomic mass is 16.2. The van der Waals surface area contributed by atoms with Gasteiger partial charge in [-0.3, -0.25) is 4.79 Å². The molecule has 2 heterocycles. The molecule has 31 heavy (non-hydrogen) atoms. The van der Waals surface area contributed by atoms with Crippen LogP contribution in [0.25, 0.3) is 0 Å². The Balaban J connectivity index is 1.67. The molecule has 0 aromatic heterocycles. The van der Waals surface area contributed by atoms with Crippen LogP contribution in [-0.2, 0) is 16.8 Å². The van der Waals surface area contributed by atoms with Gasteiger partial charge in [0.05, 0.1) is 6.04 Å². The summed E-state index contributed by atoms with van der Waals surface area (Å²) in [6, 6.07) is 18.9. The normalized spacial score (nSPS) is 23.6. The van der Waals surface area contributed by atoms with E-state index in [0.717, 1.165) is 18.4 Å². The van der Waals surface area contributed by atoms with E-state index in [0.29, 0.717) is 26.1 Å². The lowest BCUT2D eigenvalue weighted by Crippen LogP contribution is -2.53. The van der Waals surface area contributed by atoms with E-state index in [1.165, 1.54) is 11.1 Å². The molecule has 0 bridgehead atoms. The van der Waals surface area contributed by atoms with Crippen LogP contribution in [0.2, 0.25) is 0 Å². The molecule has 0 radical (unpaired) electrons. The molecule has 3 amide bonds. The molecule has 0 unspecified atom stereocenters. The summed E-state index contributed by atoms with van der Waals surface area (Å²) < 4.78 is 0. The third kappa shape index (κ3) is 4.32. The number of benzene rings is 2. The van der Waals surface area contributed by atoms with Gasteiger partial charge in [0, 0.05) is 37.5 Å². The smallest absolute Gasteiger partial charge is 0.317 e. The maximum absolute atomic E-state index is 13.2. The first-order valence-corrected chi connectivity index (χ1v) is 11.3. The molecule has 2 atom stereocenters. The molecule has 0 aliphatic carbocycles. The molecule has 2 aromatic rings. The monoisotopic (exact) mass is 419 g/mol. The second-order valence-corrected chi connectivity index (χ2v) is 9.35. The first kappa shape index (κ1) is 21.4. The number of urea groups is 1. The fraction of sp³-hybridized carbons (Fsp3) is 0.462. The fourth-order valence-corrected chi connectivity index (χ4v) is 5.19. The van der Waals surface area contributed by atoms with E-state index in [1.54, 1.807) is 0 Å². The van der Waals surface area contributed by atoms with E-state index in [9.17, 15) is 9.59 Å². The van der Waals surface area contributed by atoms with Crippen LogP contribution in [0.5, 0.6) is 0 Å². The summed E-state index contributed by atoms with van der Waals surface area (Å²) in [6.07, 6.45) is 2.17. The van der Waals surface area contributed by atoms with Crippen LogP contribution in [0.4, 0.5) is 4.79 Å². The second kappa shape index (κ2) is 8.74. The van der Waals surface area contributed by atoms with Crippen LogP contribution >= 0.6 is 0 Å². The van der Waals surface area contributed by atoms with Crippen molar-refractivity contribution in [1.82, 2.24) is 15.1 Å². The van der Waals surface area contributed by atoms with Crippen LogP contribution in [0.3, 0.4) is 0 Å². The van der Waals surface area contributed by atoms with Gasteiger partial charge in [0.1, 0.15) is 0 Å². The summed E-state index contributed by atoms with van der Waals surface area (Å²) in [5, 5.41) is 3.07. The Kier molecular flexibility index (Phi) is 6.03. The van der Waals surface area contributed by atoms with Crippen molar-refractivity contribution in [1.29, 1.82) is 0 Å². The van der Waals surface area contributed by atoms with Gasteiger partial charge < -0.3 is 15.1 Å². The highest BCUT2D eigenvalue weighted by molar-refractivity contribution is 5.79. The number of fused-ring (bicyclic) bond motifs is 1. The number of rotatable bonds is 4. The van der Waals surface area contributed by atoms with E-state index in [-0.39, 0.29) is 29.4 Å². The van der Waals surface area contributed by atoms with Gasteiger partial charge >= 0.3 is 6.03 Å². The predicted octanol–water partition coefficient (Wildman–Crippen LogP) is 4.25. The lowest BCUT2D eigenvalue weighted by molar-refractivity contribution is -0.131. The Morgan fingerprint density at radius 2 is 1.81 bits per heavy atom. The van der Waals surface area contributed by atoms with Crippen molar-refractivity contribution in [3.63, 3.8) is 0 Å². The molecule has 5 heteroatoms. The molecule has 2 aliphatic rings. The first-order chi connectivity index (χ1) is 14.9. The zero-order chi connectivity index (χ0) is 22.0. The van der Waals surface area contributed by atoms with Gasteiger partial charge in [-0.05, 0) is 44.7 Å². The average Bonchev–Trinajstić information content (AvgIpc) is 3.06. The molecule has 2 saturated heterocycles. The molecule has 2 fully saturated rings. The Labute approximate surface area is 185 Å². The van der Waals surface area contributed by atoms with Crippen LogP contribution in [0.1, 0.15) is 49.8 Å². The number of carbonyl (C=O) groups is 2. The standard InChI is InChI=1S/C26H33N3O2/c1-19(2)27-25(31)29-16-15-26(22-7-5-4-6-8-22)14-13-24(30)28(18-23(26)29)17-21-11-9-20(3)10-12-21/h4-12,19,23H,13-18H2,1-3H3,(H,27,31)/t23-,26+/m0/s1. The Hall–Kier alpha value is -2.82. The van der Waals surface area contributed by atoms with Gasteiger partial charge in [0.15, 0.2) is 0 Å². The van der Waals surface area contributed by atoms with Gasteiger partial charge in [-0.15, -0.1) is 0 Å². The molecular formula is C26H33N3O2. The van der Waals surface area contributed by atoms with Crippen LogP contribution in [0.15, 0.2) is 54.6 Å². The van der Waals surface area contributed by atoms with Gasteiger partial charge in [-0.2, -0.15) is 0 Å². The number of likely N-dealkylation sites (tertiary alicyclic amines) is 2. The van der Waals surface area contributed by atoms with E-state index in [4.69, 9.17) is 0 Å². The Morgan fingerprint density at radius 3 is 2.48 bits per heavy atom. The molecule has 1 N–H and O–H groups in total. The van der Waals surface area contributed by atoms with Crippen molar-refractivity contribution in [2.75, 3.05) is 13.1 Å². The van der Waals surface area contributed by atoms with Crippen molar-refractivity contribution >= 4 is 11.9 Å². The van der Waals surface area contributed by atoms with E-state index < -0.39 is 0 Å². The number of amides is 3. The van der Waals surface area contributed by atoms with E-state index in [2.05, 4.69) is 60.8 Å². The first-order valence-electron chi connectivity index (χ1n) is 11.3. The maximum Gasteiger partial charge on any atom is 0.317 e. The predicted molar refractivity (Wildman–Crippen MR) is 123 cm³/mol. The summed E-state index contributed by atoms with van der Waals surface area (Å²) in [4.78, 5) is 30.2. The minimum atomic E-state index is -0.187. The SMILES string of the molecule is Cc1ccc(CN2C[C@@H]3N(C(=O)NC(C)C)CC[C@@]3(c3ccccc3)CCC2=O)cc1. The third-order valence-corrected chi connectivity index (χ3v) is 6.86. The number of hydrogen-bond donors (Lipinski definition) is 1. The molecule has 0 saturated carbocycles. The van der Waals surface area contributed by atoms with Crippen molar-refractivity contribution in [2.45, 2.75) is 64.1 Å². The Morgan fingerprint density at radius 1 is 1.10 bits per heavy atom. The van der Waals surface area contributed by atoms with Crippen molar-refractivity contribution < 1.29 is 9.59 Å². The number of carbonyl (C=O) groups excluding carboxylic acids is 2. The minimum Gasteiger partial charge on any atom is -0.336 e. The summed E-state index contributed by atoms with van der Waals surface area (Å²) in [7, 11) is 0. The largest absolute Gasteiger partial charge is 0.336 e. The molecule has 2 aliphatic heterocycles. The molecular weight excluding hydrogens is 386 g/mol. The van der Waals surface area contributed by atoms with Gasteiger partial charge in [-0.1, -0.05) is 60.2 Å². The lowest BCUT2D eigenvalue weighted by Gasteiger charge is -2.38. The quantitative estimate of drug-likeness (QED) is 0.806. The minimum absolute atomic E-state index is 0.0255. The number of nitrogens with one attached hydrogen (secondary N) is 1. The fourth-order valence-electron chi connectivity index (χ4n) is 5.19. The summed E-state index contributed by atoms with van der Waals surface area (Å²) in [5.41, 5.74) is 3.39. The van der Waals surface area contributed by atoms with Crippen molar-refractivity contribution in [3.8, 4) is 0 Å². The zero-order valence-corrected chi connectivity index (χ0v) is 18.8. The van der Waals surface area contributed by atoms with Gasteiger partial charge in [0.2, 0.25) is 5.91 Å². The Bertz CT molecular complexity index is 925. The highest BCUT2D eigenvalue weighted by Gasteiger charge is 2.52. The second-order valence-electron chi connectivity index (χ2n) is 9.35. The number of aryl methyl sites for hydroxylation is 1. The highest BCUT2D eigenvalue weighted by Crippen LogP contribution is 2.46. The topological polar surface area (TPSA) is 52.6 Å². The van der Waals surface area contributed by atoms with Crippen molar-refractivity contribution in [2.24, 2.45) is 0 Å². The van der Waals surface area contributed by atoms with Crippen LogP contribution in [0, 0.1) is 6.92 Å². The average molecular weight is 420 g/mol. The molecule has 2 aromatic carbocycles. The van der Waals surface area contributed by atoms with E-state index >= 15 is 0 Å². The molecule has 5 nitrogen and oxygen atoms in total. The molecule has 4 rings (SSSR count). The number of hydrogen-bond acceptors (Lipinski definition) is 2. The molecule has 0 spiro atoms. The van der Waals surface area contributed by atoms with Crippen LogP contribution in [-0.4, -0.2) is 46.9 Å². The van der Waals surface area contributed by atoms with Crippen molar-refractivity contribution in [3.05, 3.63) is 71.3 Å². The number of nitrogens with zero attached hydrogens (tertiary/aromatic N) is 2. The lowest BCUT2D eigenvalue weighted by atomic mass is 9.71. The van der Waals surface area contributed by atoms with E-state index in [1.807, 2.05) is 29.7 Å². The molecule has 164 valence electrons. The maximum atomic E-state index is 13.2. The summed E-state index contributed by atoms with van der Waals surface area (Å²) in [6.45, 7) is 7.90. The summed E-state index contributed by atoms with van der Waals surface area (Å²) in [5.74, 6) is 0.175. The third-order valence-electron chi connectivity index (χ3n) is 6.86. The summed E-state index contributed by atoms with van der Waals surface area (Å²) >= 11 is 0. The van der Waals surface area contributed by atoms with Crippen LogP contribution < -0.4 is 5.32 Å². The van der Waals surface area contributed by atoms with Gasteiger partial charge in [0.25, 0.3) is 0 Å².